The molecule has 3 rings (SSSR count). The largest absolute Gasteiger partial charge is 0.480 e. The zero-order chi connectivity index (χ0) is 23.6. The van der Waals surface area contributed by atoms with E-state index < -0.39 is 17.9 Å². The first kappa shape index (κ1) is 23.3. The number of fused-ring (bicyclic) bond motifs is 1. The average Bonchev–Trinajstić information content (AvgIpc) is 3.07. The van der Waals surface area contributed by atoms with Crippen LogP contribution in [0.5, 0.6) is 0 Å². The van der Waals surface area contributed by atoms with Crippen molar-refractivity contribution >= 4 is 23.3 Å². The number of imidazole rings is 1. The van der Waals surface area contributed by atoms with Gasteiger partial charge in [-0.05, 0) is 51.8 Å². The number of hydrogen-bond acceptors (Lipinski definition) is 4. The predicted molar refractivity (Wildman–Crippen MR) is 127 cm³/mol. The van der Waals surface area contributed by atoms with Gasteiger partial charge in [0.2, 0.25) is 0 Å². The molecule has 0 saturated heterocycles. The minimum absolute atomic E-state index is 0.179. The molecule has 0 aliphatic rings. The van der Waals surface area contributed by atoms with Crippen molar-refractivity contribution in [1.82, 2.24) is 14.7 Å². The molecule has 0 bridgehead atoms. The molecule has 170 valence electrons. The van der Waals surface area contributed by atoms with Crippen LogP contribution in [-0.4, -0.2) is 37.9 Å². The lowest BCUT2D eigenvalue weighted by molar-refractivity contribution is -0.140. The van der Waals surface area contributed by atoms with Crippen molar-refractivity contribution < 1.29 is 14.7 Å². The number of carboxylic acids is 1. The van der Waals surface area contributed by atoms with E-state index in [1.165, 1.54) is 0 Å². The zero-order valence-electron chi connectivity index (χ0n) is 19.6. The maximum atomic E-state index is 12.8. The summed E-state index contributed by atoms with van der Waals surface area (Å²) in [5.41, 5.74) is 3.69. The van der Waals surface area contributed by atoms with E-state index >= 15 is 0 Å². The highest BCUT2D eigenvalue weighted by atomic mass is 16.4. The van der Waals surface area contributed by atoms with Gasteiger partial charge in [-0.1, -0.05) is 44.0 Å². The fraction of sp³-hybridized carbons (Fsp3) is 0.400. The van der Waals surface area contributed by atoms with E-state index in [0.29, 0.717) is 17.6 Å². The molecule has 0 aliphatic carbocycles. The first-order chi connectivity index (χ1) is 15.0. The third-order valence-corrected chi connectivity index (χ3v) is 5.44. The predicted octanol–water partition coefficient (Wildman–Crippen LogP) is 4.75. The van der Waals surface area contributed by atoms with E-state index in [1.54, 1.807) is 18.3 Å². The second-order valence-corrected chi connectivity index (χ2v) is 9.37. The second-order valence-electron chi connectivity index (χ2n) is 9.37. The van der Waals surface area contributed by atoms with Crippen molar-refractivity contribution in [1.29, 1.82) is 0 Å². The van der Waals surface area contributed by atoms with Gasteiger partial charge in [0, 0.05) is 22.9 Å². The minimum Gasteiger partial charge on any atom is -0.480 e. The van der Waals surface area contributed by atoms with Crippen molar-refractivity contribution in [2.45, 2.75) is 59.5 Å². The summed E-state index contributed by atoms with van der Waals surface area (Å²) in [6, 6.07) is 10.6. The molecular weight excluding hydrogens is 404 g/mol. The molecule has 0 saturated carbocycles. The number of pyridine rings is 1. The van der Waals surface area contributed by atoms with Gasteiger partial charge in [-0.15, -0.1) is 0 Å². The van der Waals surface area contributed by atoms with Gasteiger partial charge in [-0.2, -0.15) is 0 Å². The van der Waals surface area contributed by atoms with Crippen LogP contribution < -0.4 is 10.6 Å². The molecule has 2 heterocycles. The molecule has 1 amide bonds. The van der Waals surface area contributed by atoms with Crippen LogP contribution in [0.25, 0.3) is 16.9 Å². The molecule has 0 fully saturated rings. The quantitative estimate of drug-likeness (QED) is 0.497. The highest BCUT2D eigenvalue weighted by molar-refractivity contribution is 5.97. The lowest BCUT2D eigenvalue weighted by Crippen LogP contribution is -2.45. The Kier molecular flexibility index (Phi) is 6.57. The van der Waals surface area contributed by atoms with Crippen molar-refractivity contribution in [3.63, 3.8) is 0 Å². The van der Waals surface area contributed by atoms with Crippen molar-refractivity contribution in [3.8, 4) is 11.3 Å². The van der Waals surface area contributed by atoms with E-state index in [2.05, 4.69) is 37.5 Å². The number of hydrogen-bond donors (Lipinski definition) is 3. The standard InChI is InChI=1S/C25H32N4O3/c1-7-16(3)20(24(31)32)27-23(30)18-11-12-29-19(14-18)26-21(22(29)28-25(4,5)6)17-10-8-9-15(2)13-17/h8-14,16,20,28H,7H2,1-6H3,(H,27,30)(H,31,32). The topological polar surface area (TPSA) is 95.7 Å². The number of carbonyl (C=O) groups excluding carboxylic acids is 1. The van der Waals surface area contributed by atoms with Gasteiger partial charge >= 0.3 is 5.97 Å². The minimum atomic E-state index is -1.03. The number of amides is 1. The van der Waals surface area contributed by atoms with Gasteiger partial charge in [0.05, 0.1) is 0 Å². The highest BCUT2D eigenvalue weighted by Gasteiger charge is 2.26. The van der Waals surface area contributed by atoms with E-state index in [0.717, 1.165) is 22.6 Å². The number of anilines is 1. The Hall–Kier alpha value is -3.35. The van der Waals surface area contributed by atoms with E-state index in [1.807, 2.05) is 43.4 Å². The average molecular weight is 437 g/mol. The highest BCUT2D eigenvalue weighted by Crippen LogP contribution is 2.31. The first-order valence-corrected chi connectivity index (χ1v) is 10.9. The van der Waals surface area contributed by atoms with Gasteiger partial charge in [0.15, 0.2) is 0 Å². The number of nitrogens with one attached hydrogen (secondary N) is 2. The molecule has 32 heavy (non-hydrogen) atoms. The molecule has 3 N–H and O–H groups in total. The smallest absolute Gasteiger partial charge is 0.326 e. The first-order valence-electron chi connectivity index (χ1n) is 10.9. The normalized spacial score (nSPS) is 13.6. The third-order valence-electron chi connectivity index (χ3n) is 5.44. The Morgan fingerprint density at radius 1 is 1.19 bits per heavy atom. The molecule has 0 aliphatic heterocycles. The zero-order valence-corrected chi connectivity index (χ0v) is 19.6. The van der Waals surface area contributed by atoms with Crippen LogP contribution in [0.2, 0.25) is 0 Å². The van der Waals surface area contributed by atoms with Crippen LogP contribution >= 0.6 is 0 Å². The van der Waals surface area contributed by atoms with Crippen LogP contribution in [0.3, 0.4) is 0 Å². The SMILES string of the molecule is CCC(C)C(NC(=O)c1ccn2c(NC(C)(C)C)c(-c3cccc(C)c3)nc2c1)C(=O)O. The summed E-state index contributed by atoms with van der Waals surface area (Å²) >= 11 is 0. The number of nitrogens with zero attached hydrogens (tertiary/aromatic N) is 2. The van der Waals surface area contributed by atoms with Crippen molar-refractivity contribution in [2.24, 2.45) is 5.92 Å². The second kappa shape index (κ2) is 9.02. The maximum Gasteiger partial charge on any atom is 0.326 e. The summed E-state index contributed by atoms with van der Waals surface area (Å²) < 4.78 is 1.92. The Bertz CT molecular complexity index is 1140. The molecule has 7 heteroatoms. The van der Waals surface area contributed by atoms with E-state index in [-0.39, 0.29) is 11.5 Å². The maximum absolute atomic E-state index is 12.8. The summed E-state index contributed by atoms with van der Waals surface area (Å²) in [5, 5.41) is 15.7. The van der Waals surface area contributed by atoms with Crippen molar-refractivity contribution in [3.05, 3.63) is 53.7 Å². The summed E-state index contributed by atoms with van der Waals surface area (Å²) in [6.07, 6.45) is 2.45. The third kappa shape index (κ3) is 5.10. The van der Waals surface area contributed by atoms with Gasteiger partial charge in [-0.25, -0.2) is 9.78 Å². The molecule has 2 unspecified atom stereocenters. The molecule has 7 nitrogen and oxygen atoms in total. The van der Waals surface area contributed by atoms with E-state index in [4.69, 9.17) is 4.98 Å². The van der Waals surface area contributed by atoms with Crippen LogP contribution in [0.4, 0.5) is 5.82 Å². The Morgan fingerprint density at radius 3 is 2.50 bits per heavy atom. The Balaban J connectivity index is 2.05. The molecule has 2 atom stereocenters. The number of benzene rings is 1. The molecule has 1 aromatic carbocycles. The molecular formula is C25H32N4O3. The number of aromatic nitrogens is 2. The van der Waals surface area contributed by atoms with Crippen LogP contribution in [0.1, 0.15) is 57.0 Å². The number of carbonyl (C=O) groups is 2. The summed E-state index contributed by atoms with van der Waals surface area (Å²) in [4.78, 5) is 29.3. The molecule has 0 radical (unpaired) electrons. The molecule has 0 spiro atoms. The summed E-state index contributed by atoms with van der Waals surface area (Å²) in [5.74, 6) is -0.797. The molecule has 3 aromatic rings. The lowest BCUT2D eigenvalue weighted by Gasteiger charge is -2.23. The summed E-state index contributed by atoms with van der Waals surface area (Å²) in [7, 11) is 0. The van der Waals surface area contributed by atoms with Gasteiger partial charge in [-0.3, -0.25) is 9.20 Å². The van der Waals surface area contributed by atoms with Crippen LogP contribution in [0, 0.1) is 12.8 Å². The number of aryl methyl sites for hydroxylation is 1. The number of rotatable bonds is 7. The monoisotopic (exact) mass is 436 g/mol. The van der Waals surface area contributed by atoms with Gasteiger partial charge in [0.1, 0.15) is 23.2 Å². The van der Waals surface area contributed by atoms with Crippen LogP contribution in [-0.2, 0) is 4.79 Å². The number of aliphatic carboxylic acids is 1. The van der Waals surface area contributed by atoms with Gasteiger partial charge < -0.3 is 15.7 Å². The molecule has 2 aromatic heterocycles. The number of carboxylic acid groups (broad SMARTS) is 1. The van der Waals surface area contributed by atoms with Crippen LogP contribution in [0.15, 0.2) is 42.6 Å². The Morgan fingerprint density at radius 2 is 1.91 bits per heavy atom. The van der Waals surface area contributed by atoms with Crippen molar-refractivity contribution in [2.75, 3.05) is 5.32 Å². The fourth-order valence-corrected chi connectivity index (χ4v) is 3.56. The summed E-state index contributed by atoms with van der Waals surface area (Å²) in [6.45, 7) is 12.0. The Labute approximate surface area is 188 Å². The fourth-order valence-electron chi connectivity index (χ4n) is 3.56. The van der Waals surface area contributed by atoms with E-state index in [9.17, 15) is 14.7 Å². The van der Waals surface area contributed by atoms with Gasteiger partial charge in [0.25, 0.3) is 5.91 Å². The lowest BCUT2D eigenvalue weighted by atomic mass is 9.99.